The Morgan fingerprint density at radius 3 is 1.50 bits per heavy atom. The molecule has 0 saturated heterocycles. The first-order valence-corrected chi connectivity index (χ1v) is 20.7. The van der Waals surface area contributed by atoms with Crippen LogP contribution in [0.4, 0.5) is 42.1 Å². The van der Waals surface area contributed by atoms with E-state index in [9.17, 15) is 55.9 Å². The first-order chi connectivity index (χ1) is 32.9. The molecule has 0 radical (unpaired) electrons. The molecule has 24 heteroatoms. The predicted octanol–water partition coefficient (Wildman–Crippen LogP) is 11.5. The number of methoxy groups -OCH3 is 1. The van der Waals surface area contributed by atoms with E-state index < -0.39 is 94.0 Å². The number of benzene rings is 2. The summed E-state index contributed by atoms with van der Waals surface area (Å²) in [7, 11) is 1.05. The van der Waals surface area contributed by atoms with E-state index in [0.29, 0.717) is 6.07 Å². The number of pyridine rings is 4. The van der Waals surface area contributed by atoms with Crippen molar-refractivity contribution in [2.24, 2.45) is 0 Å². The maximum Gasteiger partial charge on any atom is 0.421 e. The van der Waals surface area contributed by atoms with Gasteiger partial charge in [-0.2, -0.15) is 31.6 Å². The fraction of sp³-hybridized carbons (Fsp3) is 0.196. The third-order valence-electron chi connectivity index (χ3n) is 9.35. The van der Waals surface area contributed by atoms with E-state index in [0.717, 1.165) is 71.8 Å². The van der Waals surface area contributed by atoms with Gasteiger partial charge in [0.2, 0.25) is 11.8 Å². The zero-order valence-electron chi connectivity index (χ0n) is 36.7. The number of carbonyl (C=O) groups excluding carboxylic acids is 3. The van der Waals surface area contributed by atoms with Crippen LogP contribution in [0.1, 0.15) is 86.1 Å². The number of hydrogen-bond acceptors (Lipinski definition) is 12. The van der Waals surface area contributed by atoms with E-state index in [1.165, 1.54) is 36.7 Å². The Morgan fingerprint density at radius 1 is 0.671 bits per heavy atom. The summed E-state index contributed by atoms with van der Waals surface area (Å²) in [5.41, 5.74) is -4.03. The molecule has 4 aromatic heterocycles. The monoisotopic (exact) mass is 1020 g/mol. The van der Waals surface area contributed by atoms with Crippen molar-refractivity contribution in [3.05, 3.63) is 153 Å². The van der Waals surface area contributed by atoms with Crippen molar-refractivity contribution in [3.8, 4) is 29.3 Å². The highest BCUT2D eigenvalue weighted by Crippen LogP contribution is 2.41. The van der Waals surface area contributed by atoms with Crippen LogP contribution in [0.3, 0.4) is 0 Å². The van der Waals surface area contributed by atoms with Gasteiger partial charge in [-0.25, -0.2) is 33.9 Å². The smallest absolute Gasteiger partial charge is 0.421 e. The van der Waals surface area contributed by atoms with Crippen molar-refractivity contribution in [1.82, 2.24) is 19.9 Å². The minimum absolute atomic E-state index is 0.0389. The number of hydrogen-bond donors (Lipinski definition) is 1. The molecule has 6 rings (SSSR count). The quantitative estimate of drug-likeness (QED) is 0.0898. The highest BCUT2D eigenvalue weighted by Gasteiger charge is 2.38. The number of ether oxygens (including phenoxy) is 3. The van der Waals surface area contributed by atoms with Gasteiger partial charge in [-0.1, -0.05) is 23.2 Å². The van der Waals surface area contributed by atoms with Crippen molar-refractivity contribution >= 4 is 58.3 Å². The maximum atomic E-state index is 15.1. The molecule has 2 aromatic carbocycles. The van der Waals surface area contributed by atoms with Gasteiger partial charge in [-0.15, -0.1) is 0 Å². The van der Waals surface area contributed by atoms with E-state index in [1.54, 1.807) is 33.8 Å². The van der Waals surface area contributed by atoms with E-state index in [4.69, 9.17) is 37.4 Å². The van der Waals surface area contributed by atoms with Crippen molar-refractivity contribution in [2.75, 3.05) is 16.9 Å². The highest BCUT2D eigenvalue weighted by molar-refractivity contribution is 6.30. The fourth-order valence-electron chi connectivity index (χ4n) is 6.28. The van der Waals surface area contributed by atoms with E-state index in [-0.39, 0.29) is 43.9 Å². The van der Waals surface area contributed by atoms with Crippen LogP contribution < -0.4 is 19.3 Å². The lowest BCUT2D eigenvalue weighted by molar-refractivity contribution is -0.139. The summed E-state index contributed by atoms with van der Waals surface area (Å²) < 4.78 is 110. The lowest BCUT2D eigenvalue weighted by Crippen LogP contribution is -2.38. The van der Waals surface area contributed by atoms with Gasteiger partial charge >= 0.3 is 24.3 Å². The standard InChI is InChI=1S/C23H18ClF4N3O4.C23H16ClF3N4O4/c1-12(2)31(21(32)17-7-6-13(24)11-30-17)18-10-16(25)19(9-14(18)22(33)34-3)35-20-15(23(26,27)28)5-4-8-29-20;1-12(2)31(21(32)17-6-5-14(24)11-30-17)18-8-13(10-28)19(9-15(18)22(33)34)35-20-16(23(25,26)27)4-3-7-29-20/h4-12H,1-3H3;3-9,11-12H,1-2H3,(H,33,34). The first kappa shape index (κ1) is 53.1. The second-order valence-corrected chi connectivity index (χ2v) is 15.6. The summed E-state index contributed by atoms with van der Waals surface area (Å²) in [5, 5.41) is 20.0. The van der Waals surface area contributed by atoms with Crippen molar-refractivity contribution in [3.63, 3.8) is 0 Å². The summed E-state index contributed by atoms with van der Waals surface area (Å²) in [6.45, 7) is 6.44. The van der Waals surface area contributed by atoms with Gasteiger partial charge in [0.25, 0.3) is 11.8 Å². The Balaban J connectivity index is 0.000000261. The third-order valence-corrected chi connectivity index (χ3v) is 9.80. The summed E-state index contributed by atoms with van der Waals surface area (Å²) in [5.74, 6) is -7.96. The second kappa shape index (κ2) is 22.0. The minimum Gasteiger partial charge on any atom is -0.478 e. The number of halogens is 9. The number of nitriles is 1. The number of anilines is 2. The van der Waals surface area contributed by atoms with E-state index in [1.807, 2.05) is 0 Å². The molecule has 0 bridgehead atoms. The zero-order chi connectivity index (χ0) is 51.8. The number of rotatable bonds is 12. The number of amides is 2. The molecule has 6 aromatic rings. The van der Waals surface area contributed by atoms with Crippen LogP contribution in [0.2, 0.25) is 10.0 Å². The number of aromatic nitrogens is 4. The van der Waals surface area contributed by atoms with Gasteiger partial charge in [0, 0.05) is 49.0 Å². The van der Waals surface area contributed by atoms with Gasteiger partial charge < -0.3 is 29.1 Å². The molecule has 0 aliphatic carbocycles. The zero-order valence-corrected chi connectivity index (χ0v) is 38.2. The van der Waals surface area contributed by atoms with Crippen LogP contribution in [0.5, 0.6) is 23.3 Å². The third kappa shape index (κ3) is 12.4. The highest BCUT2D eigenvalue weighted by atomic mass is 35.5. The molecule has 0 spiro atoms. The predicted molar refractivity (Wildman–Crippen MR) is 237 cm³/mol. The molecular formula is C46H34Cl2F7N7O8. The normalized spacial score (nSPS) is 11.2. The number of nitrogens with zero attached hydrogens (tertiary/aromatic N) is 7. The Kier molecular flexibility index (Phi) is 16.7. The van der Waals surface area contributed by atoms with Crippen molar-refractivity contribution < 1.29 is 69.2 Å². The Labute approximate surface area is 402 Å². The Hall–Kier alpha value is -7.90. The summed E-state index contributed by atoms with van der Waals surface area (Å²) >= 11 is 11.6. The largest absolute Gasteiger partial charge is 0.478 e. The fourth-order valence-corrected chi connectivity index (χ4v) is 6.51. The van der Waals surface area contributed by atoms with Crippen LogP contribution in [-0.2, 0) is 17.1 Å². The van der Waals surface area contributed by atoms with Crippen LogP contribution in [0.15, 0.2) is 97.6 Å². The Morgan fingerprint density at radius 2 is 1.11 bits per heavy atom. The van der Waals surface area contributed by atoms with Crippen LogP contribution in [-0.4, -0.2) is 68.0 Å². The summed E-state index contributed by atoms with van der Waals surface area (Å²) in [6.07, 6.45) is -5.04. The van der Waals surface area contributed by atoms with Gasteiger partial charge in [0.15, 0.2) is 11.6 Å². The SMILES string of the molecule is CC(C)N(C(=O)c1ccc(Cl)cn1)c1cc(C#N)c(Oc2ncccc2C(F)(F)F)cc1C(=O)O.COC(=O)c1cc(Oc2ncccc2C(F)(F)F)c(F)cc1N(C(=O)c1ccc(Cl)cn1)C(C)C. The van der Waals surface area contributed by atoms with Crippen LogP contribution in [0, 0.1) is 17.1 Å². The molecule has 364 valence electrons. The molecule has 0 aliphatic rings. The molecular weight excluding hydrogens is 982 g/mol. The van der Waals surface area contributed by atoms with Crippen LogP contribution >= 0.6 is 23.2 Å². The number of carboxylic acids is 1. The van der Waals surface area contributed by atoms with Crippen molar-refractivity contribution in [2.45, 2.75) is 52.1 Å². The number of esters is 1. The first-order valence-electron chi connectivity index (χ1n) is 19.9. The lowest BCUT2D eigenvalue weighted by Gasteiger charge is -2.28. The lowest BCUT2D eigenvalue weighted by atomic mass is 10.0. The minimum atomic E-state index is -4.82. The molecule has 0 unspecified atom stereocenters. The molecule has 0 atom stereocenters. The van der Waals surface area contributed by atoms with Gasteiger partial charge in [0.1, 0.15) is 34.3 Å². The molecule has 70 heavy (non-hydrogen) atoms. The molecule has 15 nitrogen and oxygen atoms in total. The van der Waals surface area contributed by atoms with Gasteiger partial charge in [-0.3, -0.25) is 9.59 Å². The van der Waals surface area contributed by atoms with E-state index in [2.05, 4.69) is 19.9 Å². The number of carbonyl (C=O) groups is 4. The molecule has 2 amide bonds. The van der Waals surface area contributed by atoms with Crippen LogP contribution in [0.25, 0.3) is 0 Å². The van der Waals surface area contributed by atoms with Gasteiger partial charge in [0.05, 0.1) is 45.2 Å². The molecule has 0 aliphatic heterocycles. The molecule has 1 N–H and O–H groups in total. The van der Waals surface area contributed by atoms with Gasteiger partial charge in [-0.05, 0) is 88.4 Å². The number of alkyl halides is 6. The topological polar surface area (TPSA) is 198 Å². The average Bonchev–Trinajstić information content (AvgIpc) is 3.29. The molecule has 4 heterocycles. The number of aromatic carboxylic acids is 1. The average molecular weight is 1020 g/mol. The maximum absolute atomic E-state index is 15.1. The Bertz CT molecular complexity index is 2970. The second-order valence-electron chi connectivity index (χ2n) is 14.7. The number of carboxylic acid groups (broad SMARTS) is 1. The van der Waals surface area contributed by atoms with Crippen molar-refractivity contribution in [1.29, 1.82) is 5.26 Å². The summed E-state index contributed by atoms with van der Waals surface area (Å²) in [6, 6.07) is 13.3. The van der Waals surface area contributed by atoms with E-state index >= 15 is 4.39 Å². The summed E-state index contributed by atoms with van der Waals surface area (Å²) in [4.78, 5) is 68.2. The molecule has 0 fully saturated rings. The molecule has 0 saturated carbocycles.